The Morgan fingerprint density at radius 2 is 1.35 bits per heavy atom. The maximum atomic E-state index is 14.6. The number of benzene rings is 3. The van der Waals surface area contributed by atoms with Crippen molar-refractivity contribution in [2.24, 2.45) is 0 Å². The summed E-state index contributed by atoms with van der Waals surface area (Å²) in [5.74, 6) is -16.0. The highest BCUT2D eigenvalue weighted by atomic mass is 19.4. The normalized spacial score (nSPS) is 13.0. The highest BCUT2D eigenvalue weighted by molar-refractivity contribution is 5.65. The molecule has 0 heterocycles. The number of allylic oxidation sites excluding steroid dienone is 1. The van der Waals surface area contributed by atoms with E-state index in [-0.39, 0.29) is 23.3 Å². The van der Waals surface area contributed by atoms with Crippen LogP contribution < -0.4 is 4.74 Å². The largest absolute Gasteiger partial charge is 0.445 e. The van der Waals surface area contributed by atoms with E-state index in [9.17, 15) is 48.3 Å². The minimum atomic E-state index is -5.92. The predicted molar refractivity (Wildman–Crippen MR) is 112 cm³/mol. The van der Waals surface area contributed by atoms with Gasteiger partial charge in [-0.2, -0.15) is 26.3 Å². The molecule has 0 bridgehead atoms. The Bertz CT molecular complexity index is 1300. The van der Waals surface area contributed by atoms with Gasteiger partial charge >= 0.3 is 12.3 Å². The van der Waals surface area contributed by atoms with E-state index in [2.05, 4.69) is 4.74 Å². The highest BCUT2D eigenvalue weighted by Crippen LogP contribution is 2.40. The van der Waals surface area contributed by atoms with Gasteiger partial charge in [0.15, 0.2) is 17.5 Å². The maximum Gasteiger partial charge on any atom is 0.445 e. The molecule has 3 rings (SSSR count). The first kappa shape index (κ1) is 28.0. The molecule has 1 nitrogen and oxygen atoms in total. The van der Waals surface area contributed by atoms with E-state index in [0.29, 0.717) is 6.07 Å². The summed E-state index contributed by atoms with van der Waals surface area (Å²) in [6, 6.07) is 7.16. The van der Waals surface area contributed by atoms with Gasteiger partial charge in [-0.05, 0) is 23.6 Å². The topological polar surface area (TPSA) is 9.23 Å². The number of hydrogen-bond acceptors (Lipinski definition) is 1. The monoisotopic (exact) mass is 540 g/mol. The molecule has 0 fully saturated rings. The molecule has 0 unspecified atom stereocenters. The molecule has 0 aliphatic heterocycles. The molecular formula is C25H15F11O. The first-order chi connectivity index (χ1) is 17.2. The summed E-state index contributed by atoms with van der Waals surface area (Å²) in [5, 5.41) is 0. The number of alkyl halides is 5. The van der Waals surface area contributed by atoms with Crippen LogP contribution in [-0.2, 0) is 12.5 Å². The fraction of sp³-hybridized carbons (Fsp3) is 0.200. The lowest BCUT2D eigenvalue weighted by Gasteiger charge is -2.20. The van der Waals surface area contributed by atoms with E-state index >= 15 is 0 Å². The van der Waals surface area contributed by atoms with Gasteiger partial charge < -0.3 is 4.74 Å². The van der Waals surface area contributed by atoms with Crippen molar-refractivity contribution < 1.29 is 53.0 Å². The van der Waals surface area contributed by atoms with Crippen molar-refractivity contribution in [3.05, 3.63) is 94.3 Å². The van der Waals surface area contributed by atoms with E-state index in [4.69, 9.17) is 0 Å². The fourth-order valence-corrected chi connectivity index (χ4v) is 3.39. The van der Waals surface area contributed by atoms with Gasteiger partial charge in [-0.15, -0.1) is 0 Å². The van der Waals surface area contributed by atoms with Crippen LogP contribution in [0, 0.1) is 23.3 Å². The molecule has 0 aromatic heterocycles. The molecule has 0 amide bonds. The van der Waals surface area contributed by atoms with Gasteiger partial charge in [-0.1, -0.05) is 43.7 Å². The van der Waals surface area contributed by atoms with E-state index in [1.54, 1.807) is 12.1 Å². The van der Waals surface area contributed by atoms with Gasteiger partial charge in [0.2, 0.25) is 5.83 Å². The zero-order chi connectivity index (χ0) is 27.7. The third kappa shape index (κ3) is 5.89. The highest BCUT2D eigenvalue weighted by Gasteiger charge is 2.41. The van der Waals surface area contributed by atoms with Crippen molar-refractivity contribution in [2.45, 2.75) is 32.1 Å². The van der Waals surface area contributed by atoms with Crippen molar-refractivity contribution in [3.63, 3.8) is 0 Å². The van der Waals surface area contributed by atoms with Crippen molar-refractivity contribution >= 4 is 5.83 Å². The third-order valence-electron chi connectivity index (χ3n) is 5.12. The van der Waals surface area contributed by atoms with Crippen molar-refractivity contribution in [3.8, 4) is 16.9 Å². The van der Waals surface area contributed by atoms with Gasteiger partial charge in [0, 0.05) is 17.7 Å². The lowest BCUT2D eigenvalue weighted by molar-refractivity contribution is -0.187. The minimum Gasteiger partial charge on any atom is -0.429 e. The molecule has 0 atom stereocenters. The SMILES string of the molecule is CCCc1ccc(-c2ccc(C(F)(F)Oc3cc(F)c(/C(F)=C(\F)C(F)(F)F)c(F)c3)c(F)c2F)cc1. The van der Waals surface area contributed by atoms with Crippen molar-refractivity contribution in [1.29, 1.82) is 0 Å². The molecule has 3 aromatic carbocycles. The van der Waals surface area contributed by atoms with E-state index in [1.165, 1.54) is 12.1 Å². The van der Waals surface area contributed by atoms with Crippen LogP contribution in [0.15, 0.2) is 54.4 Å². The predicted octanol–water partition coefficient (Wildman–Crippen LogP) is 9.16. The average Bonchev–Trinajstić information content (AvgIpc) is 2.79. The summed E-state index contributed by atoms with van der Waals surface area (Å²) in [5.41, 5.74) is -3.08. The number of aryl methyl sites for hydroxylation is 1. The van der Waals surface area contributed by atoms with Gasteiger partial charge in [0.25, 0.3) is 0 Å². The standard InChI is InChI=1S/C25H15F11O/c1-2-3-12-4-6-13(7-5-12)15-8-9-16(21(29)20(15)28)25(35,36)37-14-10-17(26)19(18(27)11-14)22(30)23(31)24(32,33)34/h4-11H,2-3H2,1H3/b23-22+. The number of halogens is 11. The summed E-state index contributed by atoms with van der Waals surface area (Å²) < 4.78 is 154. The molecule has 0 saturated carbocycles. The average molecular weight is 540 g/mol. The molecule has 3 aromatic rings. The van der Waals surface area contributed by atoms with Crippen LogP contribution in [-0.4, -0.2) is 6.18 Å². The first-order valence-electron chi connectivity index (χ1n) is 10.4. The fourth-order valence-electron chi connectivity index (χ4n) is 3.39. The number of hydrogen-bond donors (Lipinski definition) is 0. The van der Waals surface area contributed by atoms with Crippen LogP contribution in [0.1, 0.15) is 30.0 Å². The van der Waals surface area contributed by atoms with Crippen LogP contribution in [0.2, 0.25) is 0 Å². The molecule has 37 heavy (non-hydrogen) atoms. The molecular weight excluding hydrogens is 525 g/mol. The Balaban J connectivity index is 1.94. The Kier molecular flexibility index (Phi) is 7.89. The molecule has 0 radical (unpaired) electrons. The van der Waals surface area contributed by atoms with E-state index in [1.807, 2.05) is 6.92 Å². The summed E-state index contributed by atoms with van der Waals surface area (Å²) in [4.78, 5) is 0. The molecule has 12 heteroatoms. The molecule has 0 N–H and O–H groups in total. The summed E-state index contributed by atoms with van der Waals surface area (Å²) >= 11 is 0. The number of ether oxygens (including phenoxy) is 1. The van der Waals surface area contributed by atoms with Crippen molar-refractivity contribution in [1.82, 2.24) is 0 Å². The molecule has 0 aliphatic rings. The molecule has 0 aliphatic carbocycles. The Morgan fingerprint density at radius 3 is 1.86 bits per heavy atom. The van der Waals surface area contributed by atoms with Crippen LogP contribution in [0.25, 0.3) is 17.0 Å². The number of rotatable bonds is 7. The van der Waals surface area contributed by atoms with Crippen LogP contribution in [0.5, 0.6) is 5.75 Å². The second kappa shape index (κ2) is 10.4. The van der Waals surface area contributed by atoms with Crippen LogP contribution >= 0.6 is 0 Å². The van der Waals surface area contributed by atoms with Crippen LogP contribution in [0.3, 0.4) is 0 Å². The zero-order valence-electron chi connectivity index (χ0n) is 18.6. The Hall–Kier alpha value is -3.57. The second-order valence-corrected chi connectivity index (χ2v) is 7.74. The first-order valence-corrected chi connectivity index (χ1v) is 10.4. The maximum absolute atomic E-state index is 14.6. The molecule has 0 spiro atoms. The molecule has 198 valence electrons. The summed E-state index contributed by atoms with van der Waals surface area (Å²) in [7, 11) is 0. The second-order valence-electron chi connectivity index (χ2n) is 7.74. The van der Waals surface area contributed by atoms with Gasteiger partial charge in [-0.3, -0.25) is 0 Å². The lowest BCUT2D eigenvalue weighted by Crippen LogP contribution is -2.24. The Labute approximate surface area is 202 Å². The summed E-state index contributed by atoms with van der Waals surface area (Å²) in [6.45, 7) is 1.93. The van der Waals surface area contributed by atoms with Crippen molar-refractivity contribution in [2.75, 3.05) is 0 Å². The minimum absolute atomic E-state index is 0.171. The smallest absolute Gasteiger partial charge is 0.429 e. The lowest BCUT2D eigenvalue weighted by atomic mass is 10.00. The zero-order valence-corrected chi connectivity index (χ0v) is 18.6. The van der Waals surface area contributed by atoms with Gasteiger partial charge in [0.05, 0.1) is 5.56 Å². The third-order valence-corrected chi connectivity index (χ3v) is 5.12. The van der Waals surface area contributed by atoms with Crippen LogP contribution in [0.4, 0.5) is 48.3 Å². The van der Waals surface area contributed by atoms with E-state index < -0.39 is 64.1 Å². The van der Waals surface area contributed by atoms with E-state index in [0.717, 1.165) is 24.5 Å². The van der Waals surface area contributed by atoms with Gasteiger partial charge in [0.1, 0.15) is 22.9 Å². The summed E-state index contributed by atoms with van der Waals surface area (Å²) in [6.07, 6.45) is -9.11. The quantitative estimate of drug-likeness (QED) is 0.272. The Morgan fingerprint density at radius 1 is 0.784 bits per heavy atom. The molecule has 0 saturated heterocycles. The van der Waals surface area contributed by atoms with Gasteiger partial charge in [-0.25, -0.2) is 22.0 Å².